The van der Waals surface area contributed by atoms with Gasteiger partial charge in [-0.1, -0.05) is 24.3 Å². The maximum atomic E-state index is 12.7. The summed E-state index contributed by atoms with van der Waals surface area (Å²) < 4.78 is 11.3. The Hall–Kier alpha value is -2.69. The second-order valence-corrected chi connectivity index (χ2v) is 6.37. The Morgan fingerprint density at radius 1 is 1.08 bits per heavy atom. The average Bonchev–Trinajstić information content (AvgIpc) is 3.16. The fourth-order valence-corrected chi connectivity index (χ4v) is 3.51. The van der Waals surface area contributed by atoms with E-state index in [1.807, 2.05) is 47.4 Å². The van der Waals surface area contributed by atoms with Gasteiger partial charge in [-0.15, -0.1) is 0 Å². The zero-order valence-corrected chi connectivity index (χ0v) is 14.1. The third kappa shape index (κ3) is 3.40. The number of carbonyl (C=O) groups is 1. The van der Waals surface area contributed by atoms with Crippen molar-refractivity contribution in [1.29, 1.82) is 0 Å². The van der Waals surface area contributed by atoms with Gasteiger partial charge in [0.25, 0.3) is 0 Å². The number of benzene rings is 2. The predicted molar refractivity (Wildman–Crippen MR) is 96.1 cm³/mol. The van der Waals surface area contributed by atoms with Crippen molar-refractivity contribution in [3.63, 3.8) is 0 Å². The van der Waals surface area contributed by atoms with E-state index in [2.05, 4.69) is 11.4 Å². The lowest BCUT2D eigenvalue weighted by Gasteiger charge is -2.27. The number of likely N-dealkylation sites (tertiary alicyclic amines) is 1. The molecule has 1 fully saturated rings. The largest absolute Gasteiger partial charge is 0.486 e. The van der Waals surface area contributed by atoms with Gasteiger partial charge >= 0.3 is 0 Å². The highest BCUT2D eigenvalue weighted by Crippen LogP contribution is 2.38. The van der Waals surface area contributed by atoms with Crippen LogP contribution in [0.3, 0.4) is 0 Å². The minimum atomic E-state index is 0.112. The molecule has 1 atom stereocenters. The summed E-state index contributed by atoms with van der Waals surface area (Å²) in [5.74, 6) is 1.70. The van der Waals surface area contributed by atoms with E-state index in [1.54, 1.807) is 0 Å². The van der Waals surface area contributed by atoms with Crippen LogP contribution < -0.4 is 14.8 Å². The van der Waals surface area contributed by atoms with Crippen LogP contribution in [-0.4, -0.2) is 37.1 Å². The molecule has 0 bridgehead atoms. The molecular weight excluding hydrogens is 316 g/mol. The van der Waals surface area contributed by atoms with E-state index in [9.17, 15) is 4.79 Å². The molecule has 2 aliphatic heterocycles. The van der Waals surface area contributed by atoms with Crippen molar-refractivity contribution in [1.82, 2.24) is 4.90 Å². The first-order chi connectivity index (χ1) is 12.3. The van der Waals surface area contributed by atoms with Crippen LogP contribution in [-0.2, 0) is 4.79 Å². The Bertz CT molecular complexity index is 748. The van der Waals surface area contributed by atoms with Crippen LogP contribution in [0.2, 0.25) is 0 Å². The lowest BCUT2D eigenvalue weighted by Crippen LogP contribution is -2.35. The highest BCUT2D eigenvalue weighted by Gasteiger charge is 2.30. The van der Waals surface area contributed by atoms with Crippen LogP contribution in [0.4, 0.5) is 5.69 Å². The second kappa shape index (κ2) is 7.05. The molecule has 25 heavy (non-hydrogen) atoms. The number of nitrogens with one attached hydrogen (secondary N) is 1. The van der Waals surface area contributed by atoms with Crippen molar-refractivity contribution in [3.05, 3.63) is 54.1 Å². The van der Waals surface area contributed by atoms with Crippen molar-refractivity contribution in [2.75, 3.05) is 31.6 Å². The molecular formula is C20H22N2O3. The number of carbonyl (C=O) groups excluding carboxylic acids is 1. The first-order valence-corrected chi connectivity index (χ1v) is 8.79. The van der Waals surface area contributed by atoms with Gasteiger partial charge in [0.15, 0.2) is 11.5 Å². The molecule has 1 amide bonds. The average molecular weight is 338 g/mol. The maximum Gasteiger partial charge on any atom is 0.242 e. The summed E-state index contributed by atoms with van der Waals surface area (Å²) in [5, 5.41) is 3.21. The monoisotopic (exact) mass is 338 g/mol. The van der Waals surface area contributed by atoms with Crippen molar-refractivity contribution in [2.45, 2.75) is 18.9 Å². The summed E-state index contributed by atoms with van der Waals surface area (Å²) in [6.07, 6.45) is 2.01. The van der Waals surface area contributed by atoms with E-state index in [4.69, 9.17) is 9.47 Å². The van der Waals surface area contributed by atoms with Gasteiger partial charge in [-0.2, -0.15) is 0 Å². The zero-order valence-electron chi connectivity index (χ0n) is 14.1. The minimum absolute atomic E-state index is 0.112. The van der Waals surface area contributed by atoms with E-state index in [1.165, 1.54) is 0 Å². The van der Waals surface area contributed by atoms with Gasteiger partial charge in [0.1, 0.15) is 13.2 Å². The number of para-hydroxylation sites is 1. The van der Waals surface area contributed by atoms with Gasteiger partial charge in [-0.3, -0.25) is 4.79 Å². The van der Waals surface area contributed by atoms with Gasteiger partial charge < -0.3 is 19.7 Å². The Morgan fingerprint density at radius 2 is 1.88 bits per heavy atom. The molecule has 0 spiro atoms. The SMILES string of the molecule is O=C(CNc1ccccc1)N1CCCC1c1ccc2c(c1)OCCO2. The van der Waals surface area contributed by atoms with Gasteiger partial charge in [-0.05, 0) is 42.7 Å². The third-order valence-corrected chi connectivity index (χ3v) is 4.74. The second-order valence-electron chi connectivity index (χ2n) is 6.37. The molecule has 130 valence electrons. The number of rotatable bonds is 4. The molecule has 1 saturated heterocycles. The molecule has 1 N–H and O–H groups in total. The van der Waals surface area contributed by atoms with E-state index < -0.39 is 0 Å². The fraction of sp³-hybridized carbons (Fsp3) is 0.350. The van der Waals surface area contributed by atoms with Crippen LogP contribution >= 0.6 is 0 Å². The highest BCUT2D eigenvalue weighted by atomic mass is 16.6. The number of hydrogen-bond acceptors (Lipinski definition) is 4. The Morgan fingerprint density at radius 3 is 2.72 bits per heavy atom. The standard InChI is InChI=1S/C20H22N2O3/c23-20(14-21-16-5-2-1-3-6-16)22-10-4-7-17(22)15-8-9-18-19(13-15)25-12-11-24-18/h1-3,5-6,8-9,13,17,21H,4,7,10-12,14H2. The van der Waals surface area contributed by atoms with Crippen molar-refractivity contribution >= 4 is 11.6 Å². The molecule has 4 rings (SSSR count). The molecule has 0 aromatic heterocycles. The minimum Gasteiger partial charge on any atom is -0.486 e. The first-order valence-electron chi connectivity index (χ1n) is 8.79. The topological polar surface area (TPSA) is 50.8 Å². The number of nitrogens with zero attached hydrogens (tertiary/aromatic N) is 1. The number of ether oxygens (including phenoxy) is 2. The summed E-state index contributed by atoms with van der Waals surface area (Å²) in [5.41, 5.74) is 2.08. The Balaban J connectivity index is 1.45. The zero-order chi connectivity index (χ0) is 17.1. The van der Waals surface area contributed by atoms with E-state index >= 15 is 0 Å². The lowest BCUT2D eigenvalue weighted by molar-refractivity contribution is -0.130. The first kappa shape index (κ1) is 15.8. The maximum absolute atomic E-state index is 12.7. The van der Waals surface area contributed by atoms with Gasteiger partial charge in [0.2, 0.25) is 5.91 Å². The molecule has 5 nitrogen and oxygen atoms in total. The molecule has 5 heteroatoms. The van der Waals surface area contributed by atoms with Crippen LogP contribution in [0.1, 0.15) is 24.4 Å². The van der Waals surface area contributed by atoms with E-state index in [0.29, 0.717) is 19.8 Å². The Kier molecular flexibility index (Phi) is 4.46. The summed E-state index contributed by atoms with van der Waals surface area (Å²) in [4.78, 5) is 14.7. The summed E-state index contributed by atoms with van der Waals surface area (Å²) in [6.45, 7) is 2.27. The molecule has 2 heterocycles. The predicted octanol–water partition coefficient (Wildman–Crippen LogP) is 3.23. The number of fused-ring (bicyclic) bond motifs is 1. The van der Waals surface area contributed by atoms with Crippen molar-refractivity contribution in [2.24, 2.45) is 0 Å². The number of hydrogen-bond donors (Lipinski definition) is 1. The Labute approximate surface area is 147 Å². The normalized spacial score (nSPS) is 18.9. The van der Waals surface area contributed by atoms with Crippen LogP contribution in [0.25, 0.3) is 0 Å². The molecule has 2 aromatic rings. The number of amides is 1. The molecule has 0 saturated carbocycles. The quantitative estimate of drug-likeness (QED) is 0.930. The molecule has 0 radical (unpaired) electrons. The molecule has 2 aliphatic rings. The summed E-state index contributed by atoms with van der Waals surface area (Å²) in [6, 6.07) is 16.0. The summed E-state index contributed by atoms with van der Waals surface area (Å²) in [7, 11) is 0. The molecule has 0 aliphatic carbocycles. The molecule has 2 aromatic carbocycles. The van der Waals surface area contributed by atoms with Gasteiger partial charge in [0.05, 0.1) is 12.6 Å². The highest BCUT2D eigenvalue weighted by molar-refractivity contribution is 5.81. The van der Waals surface area contributed by atoms with E-state index in [-0.39, 0.29) is 11.9 Å². The van der Waals surface area contributed by atoms with Gasteiger partial charge in [0, 0.05) is 12.2 Å². The van der Waals surface area contributed by atoms with Crippen LogP contribution in [0.15, 0.2) is 48.5 Å². The van der Waals surface area contributed by atoms with Crippen molar-refractivity contribution < 1.29 is 14.3 Å². The third-order valence-electron chi connectivity index (χ3n) is 4.74. The van der Waals surface area contributed by atoms with Gasteiger partial charge in [-0.25, -0.2) is 0 Å². The van der Waals surface area contributed by atoms with E-state index in [0.717, 1.165) is 42.1 Å². The lowest BCUT2D eigenvalue weighted by atomic mass is 10.0. The molecule has 1 unspecified atom stereocenters. The van der Waals surface area contributed by atoms with Crippen LogP contribution in [0, 0.1) is 0 Å². The smallest absolute Gasteiger partial charge is 0.242 e. The van der Waals surface area contributed by atoms with Crippen LogP contribution in [0.5, 0.6) is 11.5 Å². The number of anilines is 1. The summed E-state index contributed by atoms with van der Waals surface area (Å²) >= 11 is 0. The fourth-order valence-electron chi connectivity index (χ4n) is 3.51. The van der Waals surface area contributed by atoms with Crippen molar-refractivity contribution in [3.8, 4) is 11.5 Å².